The van der Waals surface area contributed by atoms with Gasteiger partial charge in [0.15, 0.2) is 0 Å². The number of aliphatic hydroxyl groups is 1. The second kappa shape index (κ2) is 6.07. The Morgan fingerprint density at radius 3 is 2.90 bits per heavy atom. The molecular weight excluding hydrogens is 323 g/mol. The normalized spacial score (nSPS) is 28.5. The first-order valence-corrected chi connectivity index (χ1v) is 8.76. The van der Waals surface area contributed by atoms with Gasteiger partial charge in [0.25, 0.3) is 5.56 Å². The van der Waals surface area contributed by atoms with E-state index in [9.17, 15) is 19.3 Å². The Morgan fingerprint density at radius 2 is 2.29 bits per heavy atom. The van der Waals surface area contributed by atoms with Crippen LogP contribution in [0.15, 0.2) is 15.8 Å². The fourth-order valence-electron chi connectivity index (χ4n) is 2.01. The highest BCUT2D eigenvalue weighted by Crippen LogP contribution is 2.47. The van der Waals surface area contributed by atoms with Crippen molar-refractivity contribution in [3.63, 3.8) is 0 Å². The maximum atomic E-state index is 11.7. The molecule has 2 rings (SSSR count). The minimum absolute atomic E-state index is 0.0850. The molecule has 1 fully saturated rings. The van der Waals surface area contributed by atoms with Gasteiger partial charge in [0.05, 0.1) is 12.7 Å². The standard InChI is InChI=1S/C10H15N2O7PS/c1-5-3-12(10(15)11-9(5)14)8-2-6(13)7(19-8)4-18-20(16,17)21/h3,6-8,13H,2,4H2,1H3,(H,11,14,15)(H2,16,17,21)/t6-,7-,8-/m1/s1. The van der Waals surface area contributed by atoms with E-state index >= 15 is 0 Å². The van der Waals surface area contributed by atoms with Crippen molar-refractivity contribution in [2.45, 2.75) is 31.8 Å². The van der Waals surface area contributed by atoms with E-state index in [1.165, 1.54) is 13.1 Å². The topological polar surface area (TPSA) is 131 Å². The molecule has 1 aromatic heterocycles. The van der Waals surface area contributed by atoms with Crippen LogP contribution < -0.4 is 11.2 Å². The Morgan fingerprint density at radius 1 is 1.62 bits per heavy atom. The zero-order valence-electron chi connectivity index (χ0n) is 11.0. The molecule has 0 radical (unpaired) electrons. The highest BCUT2D eigenvalue weighted by molar-refractivity contribution is 8.44. The zero-order valence-corrected chi connectivity index (χ0v) is 12.8. The smallest absolute Gasteiger partial charge is 0.383 e. The quantitative estimate of drug-likeness (QED) is 0.431. The molecule has 0 amide bonds. The third-order valence-corrected chi connectivity index (χ3v) is 3.90. The number of H-pyrrole nitrogens is 1. The van der Waals surface area contributed by atoms with Crippen LogP contribution in [0.25, 0.3) is 0 Å². The summed E-state index contributed by atoms with van der Waals surface area (Å²) in [5, 5.41) is 9.84. The molecule has 0 spiro atoms. The molecule has 1 aliphatic rings. The highest BCUT2D eigenvalue weighted by atomic mass is 32.7. The fourth-order valence-corrected chi connectivity index (χ4v) is 2.55. The Bertz CT molecular complexity index is 681. The average molecular weight is 338 g/mol. The van der Waals surface area contributed by atoms with Gasteiger partial charge < -0.3 is 14.7 Å². The van der Waals surface area contributed by atoms with E-state index in [4.69, 9.17) is 9.63 Å². The van der Waals surface area contributed by atoms with E-state index in [-0.39, 0.29) is 13.0 Å². The van der Waals surface area contributed by atoms with Crippen molar-refractivity contribution in [3.05, 3.63) is 32.6 Å². The van der Waals surface area contributed by atoms with Gasteiger partial charge in [-0.1, -0.05) is 12.2 Å². The SMILES string of the molecule is Cc1cn([C@H]2C[C@@H](O)[C@@H](COP(=O)(O)S)O2)c(=O)[nH]c1=O. The van der Waals surface area contributed by atoms with E-state index in [0.717, 1.165) is 4.57 Å². The van der Waals surface area contributed by atoms with Crippen LogP contribution in [0.2, 0.25) is 0 Å². The number of ether oxygens (including phenoxy) is 1. The number of thiol groups is 1. The van der Waals surface area contributed by atoms with Gasteiger partial charge in [-0.2, -0.15) is 0 Å². The Labute approximate surface area is 124 Å². The maximum absolute atomic E-state index is 11.7. The summed E-state index contributed by atoms with van der Waals surface area (Å²) in [5.41, 5.74) is -0.833. The largest absolute Gasteiger partial charge is 0.390 e. The molecule has 0 aromatic carbocycles. The molecule has 21 heavy (non-hydrogen) atoms. The lowest BCUT2D eigenvalue weighted by Gasteiger charge is -2.16. The first kappa shape index (κ1) is 16.5. The first-order valence-electron chi connectivity index (χ1n) is 6.03. The van der Waals surface area contributed by atoms with Gasteiger partial charge >= 0.3 is 12.5 Å². The molecule has 11 heteroatoms. The summed E-state index contributed by atoms with van der Waals surface area (Å²) in [5.74, 6) is 0. The van der Waals surface area contributed by atoms with E-state index in [2.05, 4.69) is 21.8 Å². The summed E-state index contributed by atoms with van der Waals surface area (Å²) >= 11 is 3.35. The van der Waals surface area contributed by atoms with E-state index in [1.807, 2.05) is 0 Å². The summed E-state index contributed by atoms with van der Waals surface area (Å²) in [4.78, 5) is 34.1. The van der Waals surface area contributed by atoms with Gasteiger partial charge in [0.1, 0.15) is 12.3 Å². The average Bonchev–Trinajstić information content (AvgIpc) is 2.72. The molecule has 1 unspecified atom stereocenters. The third kappa shape index (κ3) is 4.06. The van der Waals surface area contributed by atoms with Crippen molar-refractivity contribution in [2.75, 3.05) is 6.61 Å². The van der Waals surface area contributed by atoms with E-state index in [1.54, 1.807) is 0 Å². The van der Waals surface area contributed by atoms with Crippen LogP contribution in [0.5, 0.6) is 0 Å². The number of hydrogen-bond acceptors (Lipinski definition) is 6. The lowest BCUT2D eigenvalue weighted by atomic mass is 10.2. The number of aryl methyl sites for hydroxylation is 1. The van der Waals surface area contributed by atoms with Gasteiger partial charge in [-0.05, 0) is 6.92 Å². The van der Waals surface area contributed by atoms with Crippen LogP contribution in [-0.2, 0) is 13.8 Å². The summed E-state index contributed by atoms with van der Waals surface area (Å²) < 4.78 is 22.1. The molecule has 0 aliphatic carbocycles. The number of hydrogen-bond donors (Lipinski definition) is 4. The Hall–Kier alpha value is -0.900. The molecule has 118 valence electrons. The number of nitrogens with one attached hydrogen (secondary N) is 1. The lowest BCUT2D eigenvalue weighted by molar-refractivity contribution is -0.0416. The minimum atomic E-state index is -3.97. The van der Waals surface area contributed by atoms with E-state index < -0.39 is 36.5 Å². The molecule has 1 aromatic rings. The predicted molar refractivity (Wildman–Crippen MR) is 75.4 cm³/mol. The Balaban J connectivity index is 2.14. The van der Waals surface area contributed by atoms with Crippen LogP contribution in [0, 0.1) is 6.92 Å². The monoisotopic (exact) mass is 338 g/mol. The number of aromatic amines is 1. The number of nitrogens with zero attached hydrogens (tertiary/aromatic N) is 1. The number of aliphatic hydroxyl groups excluding tert-OH is 1. The summed E-state index contributed by atoms with van der Waals surface area (Å²) in [6.45, 7) is -2.78. The first-order chi connectivity index (χ1) is 9.67. The van der Waals surface area contributed by atoms with Gasteiger partial charge in [-0.15, -0.1) is 0 Å². The van der Waals surface area contributed by atoms with Gasteiger partial charge in [-0.25, -0.2) is 9.36 Å². The number of rotatable bonds is 4. The molecule has 0 bridgehead atoms. The van der Waals surface area contributed by atoms with E-state index in [0.29, 0.717) is 5.56 Å². The molecule has 3 N–H and O–H groups in total. The summed E-state index contributed by atoms with van der Waals surface area (Å²) in [6, 6.07) is 0. The van der Waals surface area contributed by atoms with Crippen molar-refractivity contribution >= 4 is 19.0 Å². The van der Waals surface area contributed by atoms with Crippen LogP contribution in [-0.4, -0.2) is 38.4 Å². The summed E-state index contributed by atoms with van der Waals surface area (Å²) in [6.07, 6.45) is -1.23. The second-order valence-electron chi connectivity index (χ2n) is 4.70. The van der Waals surface area contributed by atoms with Crippen LogP contribution in [0.3, 0.4) is 0 Å². The minimum Gasteiger partial charge on any atom is -0.390 e. The van der Waals surface area contributed by atoms with Crippen LogP contribution in [0.1, 0.15) is 18.2 Å². The predicted octanol–water partition coefficient (Wildman–Crippen LogP) is -0.460. The third-order valence-electron chi connectivity index (χ3n) is 3.07. The molecule has 0 saturated carbocycles. The van der Waals surface area contributed by atoms with Gasteiger partial charge in [-0.3, -0.25) is 18.9 Å². The molecule has 2 heterocycles. The van der Waals surface area contributed by atoms with Crippen molar-refractivity contribution in [1.29, 1.82) is 0 Å². The fraction of sp³-hybridized carbons (Fsp3) is 0.600. The van der Waals surface area contributed by atoms with Gasteiger partial charge in [0.2, 0.25) is 0 Å². The van der Waals surface area contributed by atoms with Crippen LogP contribution in [0.4, 0.5) is 0 Å². The van der Waals surface area contributed by atoms with Crippen molar-refractivity contribution in [1.82, 2.24) is 9.55 Å². The maximum Gasteiger partial charge on any atom is 0.383 e. The highest BCUT2D eigenvalue weighted by Gasteiger charge is 2.36. The lowest BCUT2D eigenvalue weighted by Crippen LogP contribution is -2.33. The molecule has 4 atom stereocenters. The van der Waals surface area contributed by atoms with Crippen molar-refractivity contribution < 1.29 is 23.8 Å². The number of aromatic nitrogens is 2. The summed E-state index contributed by atoms with van der Waals surface area (Å²) in [7, 11) is 0. The van der Waals surface area contributed by atoms with Crippen LogP contribution >= 0.6 is 19.0 Å². The molecule has 9 nitrogen and oxygen atoms in total. The molecule has 1 saturated heterocycles. The second-order valence-corrected chi connectivity index (χ2v) is 7.45. The van der Waals surface area contributed by atoms with Crippen molar-refractivity contribution in [3.8, 4) is 0 Å². The van der Waals surface area contributed by atoms with Crippen molar-refractivity contribution in [2.24, 2.45) is 0 Å². The zero-order chi connectivity index (χ0) is 15.8. The Kier molecular flexibility index (Phi) is 4.76. The van der Waals surface area contributed by atoms with Gasteiger partial charge in [0, 0.05) is 18.2 Å². The molecule has 1 aliphatic heterocycles. The molecular formula is C10H15N2O7PS.